The van der Waals surface area contributed by atoms with Gasteiger partial charge in [-0.05, 0) is 38.5 Å². The summed E-state index contributed by atoms with van der Waals surface area (Å²) in [6, 6.07) is 7.51. The Kier molecular flexibility index (Phi) is 5.51. The first-order valence-corrected chi connectivity index (χ1v) is 7.46. The van der Waals surface area contributed by atoms with Crippen LogP contribution >= 0.6 is 0 Å². The fourth-order valence-electron chi connectivity index (χ4n) is 2.06. The zero-order chi connectivity index (χ0) is 16.8. The van der Waals surface area contributed by atoms with Crippen LogP contribution in [-0.4, -0.2) is 28.6 Å². The minimum Gasteiger partial charge on any atom is -0.484 e. The number of nitrogens with zero attached hydrogens (tertiary/aromatic N) is 2. The zero-order valence-corrected chi connectivity index (χ0v) is 13.6. The van der Waals surface area contributed by atoms with Crippen LogP contribution in [0.2, 0.25) is 0 Å². The number of hydrogen-bond acceptors (Lipinski definition) is 4. The molecule has 0 bridgehead atoms. The molecule has 0 aliphatic heterocycles. The molecule has 0 aliphatic carbocycles. The molecule has 0 saturated carbocycles. The molecule has 0 unspecified atom stereocenters. The summed E-state index contributed by atoms with van der Waals surface area (Å²) in [5.41, 5.74) is 2.34. The third-order valence-corrected chi connectivity index (χ3v) is 3.55. The number of aryl methyl sites for hydroxylation is 2. The highest BCUT2D eigenvalue weighted by atomic mass is 16.5. The summed E-state index contributed by atoms with van der Waals surface area (Å²) in [7, 11) is 0. The SMILES string of the molecule is Cc1cccc(OCC(=O)NCCn2cnc(C)c(C)c2=O)c1. The van der Waals surface area contributed by atoms with Crippen LogP contribution in [0.4, 0.5) is 0 Å². The predicted octanol–water partition coefficient (Wildman–Crippen LogP) is 1.36. The molecule has 1 aromatic heterocycles. The van der Waals surface area contributed by atoms with E-state index in [4.69, 9.17) is 4.74 Å². The van der Waals surface area contributed by atoms with Crippen LogP contribution in [0.3, 0.4) is 0 Å². The number of carbonyl (C=O) groups is 1. The van der Waals surface area contributed by atoms with Crippen LogP contribution in [0.15, 0.2) is 35.4 Å². The largest absolute Gasteiger partial charge is 0.484 e. The normalized spacial score (nSPS) is 10.4. The number of hydrogen-bond donors (Lipinski definition) is 1. The summed E-state index contributed by atoms with van der Waals surface area (Å²) >= 11 is 0. The Morgan fingerprint density at radius 3 is 2.83 bits per heavy atom. The quantitative estimate of drug-likeness (QED) is 0.873. The molecule has 0 fully saturated rings. The van der Waals surface area contributed by atoms with Gasteiger partial charge in [0, 0.05) is 24.3 Å². The maximum Gasteiger partial charge on any atom is 0.258 e. The van der Waals surface area contributed by atoms with Crippen LogP contribution in [0, 0.1) is 20.8 Å². The van der Waals surface area contributed by atoms with E-state index in [0.717, 1.165) is 11.3 Å². The zero-order valence-electron chi connectivity index (χ0n) is 13.6. The molecule has 0 saturated heterocycles. The molecule has 1 N–H and O–H groups in total. The number of ether oxygens (including phenoxy) is 1. The van der Waals surface area contributed by atoms with Crippen LogP contribution in [0.5, 0.6) is 5.75 Å². The number of benzene rings is 1. The fraction of sp³-hybridized carbons (Fsp3) is 0.353. The summed E-state index contributed by atoms with van der Waals surface area (Å²) in [5.74, 6) is 0.436. The molecule has 2 aromatic rings. The third kappa shape index (κ3) is 4.67. The molecule has 6 heteroatoms. The van der Waals surface area contributed by atoms with Crippen molar-refractivity contribution >= 4 is 5.91 Å². The van der Waals surface area contributed by atoms with Gasteiger partial charge in [0.15, 0.2) is 6.61 Å². The van der Waals surface area contributed by atoms with Crippen LogP contribution in [-0.2, 0) is 11.3 Å². The first kappa shape index (κ1) is 16.7. The van der Waals surface area contributed by atoms with Gasteiger partial charge in [-0.1, -0.05) is 12.1 Å². The smallest absolute Gasteiger partial charge is 0.258 e. The summed E-state index contributed by atoms with van der Waals surface area (Å²) < 4.78 is 6.91. The predicted molar refractivity (Wildman–Crippen MR) is 87.7 cm³/mol. The lowest BCUT2D eigenvalue weighted by Crippen LogP contribution is -2.34. The second-order valence-electron chi connectivity index (χ2n) is 5.41. The van der Waals surface area contributed by atoms with Crippen molar-refractivity contribution < 1.29 is 9.53 Å². The molecule has 2 rings (SSSR count). The fourth-order valence-corrected chi connectivity index (χ4v) is 2.06. The van der Waals surface area contributed by atoms with Gasteiger partial charge in [0.2, 0.25) is 0 Å². The molecule has 23 heavy (non-hydrogen) atoms. The van der Waals surface area contributed by atoms with Crippen LogP contribution < -0.4 is 15.6 Å². The van der Waals surface area contributed by atoms with E-state index in [1.165, 1.54) is 10.9 Å². The molecular weight excluding hydrogens is 294 g/mol. The number of nitrogens with one attached hydrogen (secondary N) is 1. The molecule has 1 amide bonds. The van der Waals surface area contributed by atoms with Gasteiger partial charge in [0.25, 0.3) is 11.5 Å². The summed E-state index contributed by atoms with van der Waals surface area (Å²) in [5, 5.41) is 2.73. The average molecular weight is 315 g/mol. The Morgan fingerprint density at radius 1 is 1.30 bits per heavy atom. The molecule has 1 heterocycles. The number of aromatic nitrogens is 2. The third-order valence-electron chi connectivity index (χ3n) is 3.55. The van der Waals surface area contributed by atoms with Crippen molar-refractivity contribution in [2.24, 2.45) is 0 Å². The standard InChI is InChI=1S/C17H21N3O3/c1-12-5-4-6-15(9-12)23-10-16(21)18-7-8-20-11-19-14(3)13(2)17(20)22/h4-6,9,11H,7-8,10H2,1-3H3,(H,18,21). The Hall–Kier alpha value is -2.63. The van der Waals surface area contributed by atoms with Gasteiger partial charge in [0.05, 0.1) is 6.33 Å². The molecule has 0 radical (unpaired) electrons. The number of carbonyl (C=O) groups excluding carboxylic acids is 1. The minimum absolute atomic E-state index is 0.0521. The topological polar surface area (TPSA) is 73.2 Å². The lowest BCUT2D eigenvalue weighted by molar-refractivity contribution is -0.123. The Balaban J connectivity index is 1.79. The van der Waals surface area contributed by atoms with Crippen molar-refractivity contribution in [1.29, 1.82) is 0 Å². The maximum atomic E-state index is 12.0. The Labute approximate surface area is 135 Å². The molecule has 0 atom stereocenters. The second kappa shape index (κ2) is 7.58. The Morgan fingerprint density at radius 2 is 2.09 bits per heavy atom. The minimum atomic E-state index is -0.226. The van der Waals surface area contributed by atoms with E-state index < -0.39 is 0 Å². The first-order chi connectivity index (χ1) is 11.0. The van der Waals surface area contributed by atoms with Gasteiger partial charge in [-0.25, -0.2) is 4.98 Å². The van der Waals surface area contributed by atoms with E-state index in [2.05, 4.69) is 10.3 Å². The van der Waals surface area contributed by atoms with Gasteiger partial charge in [-0.15, -0.1) is 0 Å². The number of rotatable bonds is 6. The summed E-state index contributed by atoms with van der Waals surface area (Å²) in [4.78, 5) is 27.9. The van der Waals surface area contributed by atoms with E-state index in [-0.39, 0.29) is 18.1 Å². The van der Waals surface area contributed by atoms with E-state index >= 15 is 0 Å². The van der Waals surface area contributed by atoms with E-state index in [9.17, 15) is 9.59 Å². The van der Waals surface area contributed by atoms with Crippen molar-refractivity contribution in [2.75, 3.05) is 13.2 Å². The van der Waals surface area contributed by atoms with Crippen molar-refractivity contribution in [3.63, 3.8) is 0 Å². The van der Waals surface area contributed by atoms with Crippen molar-refractivity contribution in [3.05, 3.63) is 57.8 Å². The lowest BCUT2D eigenvalue weighted by Gasteiger charge is -2.10. The highest BCUT2D eigenvalue weighted by molar-refractivity contribution is 5.77. The Bertz CT molecular complexity index is 753. The van der Waals surface area contributed by atoms with Crippen LogP contribution in [0.25, 0.3) is 0 Å². The van der Waals surface area contributed by atoms with Crippen LogP contribution in [0.1, 0.15) is 16.8 Å². The van der Waals surface area contributed by atoms with Crippen molar-refractivity contribution in [2.45, 2.75) is 27.3 Å². The summed E-state index contributed by atoms with van der Waals surface area (Å²) in [6.45, 7) is 6.18. The molecule has 0 spiro atoms. The maximum absolute atomic E-state index is 12.0. The summed E-state index contributed by atoms with van der Waals surface area (Å²) in [6.07, 6.45) is 1.50. The molecule has 6 nitrogen and oxygen atoms in total. The molecular formula is C17H21N3O3. The molecule has 122 valence electrons. The number of amides is 1. The lowest BCUT2D eigenvalue weighted by atomic mass is 10.2. The highest BCUT2D eigenvalue weighted by Crippen LogP contribution is 2.11. The molecule has 1 aromatic carbocycles. The van der Waals surface area contributed by atoms with Crippen molar-refractivity contribution in [1.82, 2.24) is 14.9 Å². The first-order valence-electron chi connectivity index (χ1n) is 7.46. The highest BCUT2D eigenvalue weighted by Gasteiger charge is 2.05. The van der Waals surface area contributed by atoms with E-state index in [1.807, 2.05) is 25.1 Å². The monoisotopic (exact) mass is 315 g/mol. The van der Waals surface area contributed by atoms with Crippen molar-refractivity contribution in [3.8, 4) is 5.75 Å². The molecule has 0 aliphatic rings. The van der Waals surface area contributed by atoms with Gasteiger partial charge in [-0.2, -0.15) is 0 Å². The second-order valence-corrected chi connectivity index (χ2v) is 5.41. The van der Waals surface area contributed by atoms with Gasteiger partial charge in [0.1, 0.15) is 5.75 Å². The van der Waals surface area contributed by atoms with E-state index in [0.29, 0.717) is 24.4 Å². The van der Waals surface area contributed by atoms with Gasteiger partial charge in [-0.3, -0.25) is 14.2 Å². The average Bonchev–Trinajstić information content (AvgIpc) is 2.53. The van der Waals surface area contributed by atoms with Gasteiger partial charge < -0.3 is 10.1 Å². The van der Waals surface area contributed by atoms with Gasteiger partial charge >= 0.3 is 0 Å². The van der Waals surface area contributed by atoms with E-state index in [1.54, 1.807) is 19.9 Å².